The zero-order valence-electron chi connectivity index (χ0n) is 42.1. The van der Waals surface area contributed by atoms with Gasteiger partial charge in [0.05, 0.1) is 59.0 Å². The van der Waals surface area contributed by atoms with Crippen molar-refractivity contribution in [3.8, 4) is 0 Å². The van der Waals surface area contributed by atoms with Crippen LogP contribution in [-0.2, 0) is 60.7 Å². The van der Waals surface area contributed by atoms with Crippen LogP contribution in [0.15, 0.2) is 122 Å². The second kappa shape index (κ2) is 28.1. The average Bonchev–Trinajstić information content (AvgIpc) is 3.34. The predicted molar refractivity (Wildman–Crippen MR) is 269 cm³/mol. The first kappa shape index (κ1) is 69.2. The van der Waals surface area contributed by atoms with Gasteiger partial charge in [0.2, 0.25) is 34.4 Å². The first-order chi connectivity index (χ1) is 37.2. The standard InChI is InChI=1S/C40H44N12O22S6.2Na/c53-15-11-51(12-16-54)39-47-35(45-37(49-39)43-29-21-27(75(57,58)59)7-9-31(29)77(63,64)65)41-25-5-3-23(33(19-25)79(69,70)71)1-2-24-4-6-26(20-34(24)80(72,73)74)42-36-46-38(50-40(48-36)52(13-17-55)14-18-56)44-30-22-28(76(60,61)62)8-10-32(30)78(66,67)68;;/h1-10,19-22,53-56H,11-18H2,(H,57,58,59)(H,60,61,62)(H,63,64,65)(H,66,67,68)(H,69,70,71)(H,72,73,74)(H2,41,43,45,47,49)(H2,42,44,46,48,50);;/q;2*+1/p-2/b2-1+;;. The molecule has 0 saturated heterocycles. The second-order valence-electron chi connectivity index (χ2n) is 15.9. The summed E-state index contributed by atoms with van der Waals surface area (Å²) in [5, 5.41) is 38.8. The maximum Gasteiger partial charge on any atom is 1.00 e. The Balaban J connectivity index is 0.00000722. The quantitative estimate of drug-likeness (QED) is 0.0171. The smallest absolute Gasteiger partial charge is 0.744 e. The third kappa shape index (κ3) is 18.6. The molecule has 4 aromatic carbocycles. The molecule has 432 valence electrons. The van der Waals surface area contributed by atoms with Gasteiger partial charge in [0.25, 0.3) is 40.5 Å². The van der Waals surface area contributed by atoms with Crippen LogP contribution in [0.1, 0.15) is 11.1 Å². The van der Waals surface area contributed by atoms with Crippen molar-refractivity contribution < 1.29 is 157 Å². The Labute approximate surface area is 508 Å². The zero-order chi connectivity index (χ0) is 59.2. The molecule has 0 unspecified atom stereocenters. The summed E-state index contributed by atoms with van der Waals surface area (Å²) in [5.74, 6) is -0.537. The number of anilines is 2. The van der Waals surface area contributed by atoms with E-state index in [4.69, 9.17) is 0 Å². The first-order valence-electron chi connectivity index (χ1n) is 21.8. The molecule has 0 aliphatic heterocycles. The molecule has 0 spiro atoms. The number of aliphatic hydroxyl groups excluding tert-OH is 4. The maximum atomic E-state index is 12.8. The minimum Gasteiger partial charge on any atom is -0.744 e. The van der Waals surface area contributed by atoms with Crippen molar-refractivity contribution >= 4 is 108 Å². The Kier molecular flexibility index (Phi) is 23.7. The molecule has 0 bridgehead atoms. The molecule has 0 radical (unpaired) electrons. The van der Waals surface area contributed by atoms with Crippen molar-refractivity contribution in [1.82, 2.24) is 29.9 Å². The van der Waals surface area contributed by atoms with Crippen LogP contribution in [0.2, 0.25) is 0 Å². The third-order valence-electron chi connectivity index (χ3n) is 10.3. The van der Waals surface area contributed by atoms with Gasteiger partial charge in [-0.15, -0.1) is 0 Å². The average molecular weight is 1280 g/mol. The van der Waals surface area contributed by atoms with E-state index in [9.17, 15) is 98.2 Å². The summed E-state index contributed by atoms with van der Waals surface area (Å²) >= 11 is 0. The molecule has 6 aromatic rings. The van der Waals surface area contributed by atoms with Gasteiger partial charge in [0.15, 0.2) is 0 Å². The van der Waals surface area contributed by atoms with E-state index in [0.717, 1.165) is 48.6 Å². The normalized spacial score (nSPS) is 13.5. The molecule has 0 atom stereocenters. The molecule has 2 aromatic heterocycles. The van der Waals surface area contributed by atoms with Gasteiger partial charge in [-0.1, -0.05) is 24.3 Å². The van der Waals surface area contributed by atoms with Crippen LogP contribution in [0.3, 0.4) is 0 Å². The fourth-order valence-corrected chi connectivity index (χ4v) is 10.5. The van der Waals surface area contributed by atoms with Crippen molar-refractivity contribution in [1.29, 1.82) is 0 Å². The van der Waals surface area contributed by atoms with E-state index in [1.165, 1.54) is 9.80 Å². The van der Waals surface area contributed by atoms with Crippen LogP contribution in [0.4, 0.5) is 34.6 Å². The van der Waals surface area contributed by atoms with E-state index < -0.39 is 150 Å². The number of aliphatic hydroxyl groups is 4. The Morgan fingerprint density at radius 1 is 0.439 bits per heavy atom. The summed E-state index contributed by atoms with van der Waals surface area (Å²) < 4.78 is 211. The van der Waals surface area contributed by atoms with Crippen molar-refractivity contribution in [3.63, 3.8) is 0 Å². The van der Waals surface area contributed by atoms with Gasteiger partial charge in [0, 0.05) is 26.2 Å². The SMILES string of the molecule is O=S(=O)([O-])c1ccc(S(=O)(=O)O)c(N=c2[nH]c(N(CCO)CCO)nc(=Nc3ccc(/C=C/c4ccc(N=c5nc(N(CCO)CCO)[nH]c(=Nc6cc(S(=O)(=O)[O-])ccc6S(=O)(=O)O)[nH]5)cc4S(=O)(=O)O)c(S(=O)(=O)O)c3)[nH]2)c1.[Na+].[Na+]. The van der Waals surface area contributed by atoms with Crippen LogP contribution in [0, 0.1) is 0 Å². The van der Waals surface area contributed by atoms with Crippen LogP contribution < -0.4 is 91.4 Å². The Morgan fingerprint density at radius 3 is 1.04 bits per heavy atom. The van der Waals surface area contributed by atoms with Gasteiger partial charge < -0.3 is 39.3 Å². The van der Waals surface area contributed by atoms with Gasteiger partial charge >= 0.3 is 59.1 Å². The van der Waals surface area contributed by atoms with E-state index in [2.05, 4.69) is 49.9 Å². The molecular weight excluding hydrogens is 1240 g/mol. The van der Waals surface area contributed by atoms with Crippen LogP contribution >= 0.6 is 0 Å². The number of hydrogen-bond acceptors (Lipinski definition) is 26. The molecule has 0 saturated carbocycles. The summed E-state index contributed by atoms with van der Waals surface area (Å²) in [7, 11) is -31.1. The van der Waals surface area contributed by atoms with E-state index >= 15 is 0 Å². The van der Waals surface area contributed by atoms with E-state index in [0.29, 0.717) is 36.4 Å². The van der Waals surface area contributed by atoms with E-state index in [1.54, 1.807) is 0 Å². The molecule has 82 heavy (non-hydrogen) atoms. The predicted octanol–water partition coefficient (Wildman–Crippen LogP) is -8.73. The van der Waals surface area contributed by atoms with Gasteiger partial charge in [-0.3, -0.25) is 38.1 Å². The van der Waals surface area contributed by atoms with Crippen molar-refractivity contribution in [2.75, 3.05) is 62.4 Å². The fourth-order valence-electron chi connectivity index (χ4n) is 6.93. The summed E-state index contributed by atoms with van der Waals surface area (Å²) in [6.07, 6.45) is 1.98. The van der Waals surface area contributed by atoms with Gasteiger partial charge in [-0.2, -0.15) is 43.6 Å². The number of rotatable bonds is 22. The Hall–Kier alpha value is -5.26. The van der Waals surface area contributed by atoms with Gasteiger partial charge in [-0.05, 0) is 71.8 Å². The summed E-state index contributed by atoms with van der Waals surface area (Å²) in [6, 6.07) is 9.40. The number of benzene rings is 4. The topological polar surface area (TPSA) is 558 Å². The minimum absolute atomic E-state index is 0. The Morgan fingerprint density at radius 2 is 0.756 bits per heavy atom. The number of aromatic nitrogens is 6. The largest absolute Gasteiger partial charge is 1.00 e. The molecule has 0 aliphatic rings. The first-order valence-corrected chi connectivity index (χ1v) is 30.4. The monoisotopic (exact) mass is 1280 g/mol. The number of hydrogen-bond donors (Lipinski definition) is 12. The molecule has 0 aliphatic carbocycles. The molecule has 6 rings (SSSR count). The minimum atomic E-state index is -5.22. The van der Waals surface area contributed by atoms with Gasteiger partial charge in [0.1, 0.15) is 39.8 Å². The van der Waals surface area contributed by atoms with Crippen molar-refractivity contribution in [3.05, 3.63) is 106 Å². The summed E-state index contributed by atoms with van der Waals surface area (Å²) in [5.41, 5.74) is -5.04. The molecule has 34 nitrogen and oxygen atoms in total. The zero-order valence-corrected chi connectivity index (χ0v) is 51.0. The molecule has 0 fully saturated rings. The summed E-state index contributed by atoms with van der Waals surface area (Å²) in [6.45, 7) is -3.02. The van der Waals surface area contributed by atoms with Crippen LogP contribution in [-0.4, -0.2) is 181 Å². The number of nitrogens with one attached hydrogen (secondary N) is 4. The van der Waals surface area contributed by atoms with Crippen molar-refractivity contribution in [2.45, 2.75) is 29.4 Å². The molecule has 2 heterocycles. The van der Waals surface area contributed by atoms with Crippen LogP contribution in [0.25, 0.3) is 12.2 Å². The molecule has 12 N–H and O–H groups in total. The van der Waals surface area contributed by atoms with Crippen LogP contribution in [0.5, 0.6) is 0 Å². The molecular formula is C40H42N12Na2O22S6. The maximum absolute atomic E-state index is 12.8. The number of nitrogens with zero attached hydrogens (tertiary/aromatic N) is 8. The Bertz CT molecular complexity index is 4130. The van der Waals surface area contributed by atoms with Gasteiger partial charge in [-0.25, -0.2) is 36.8 Å². The number of H-pyrrole nitrogens is 4. The molecule has 0 amide bonds. The number of aromatic amines is 4. The third-order valence-corrected chi connectivity index (χ3v) is 15.6. The molecule has 42 heteroatoms. The summed E-state index contributed by atoms with van der Waals surface area (Å²) in [4.78, 5) is 31.8. The fraction of sp³-hybridized carbons (Fsp3) is 0.200. The van der Waals surface area contributed by atoms with Crippen molar-refractivity contribution in [2.24, 2.45) is 20.0 Å². The van der Waals surface area contributed by atoms with E-state index in [1.807, 2.05) is 0 Å². The van der Waals surface area contributed by atoms with E-state index in [-0.39, 0.29) is 120 Å². The second-order valence-corrected chi connectivity index (χ2v) is 24.2.